The van der Waals surface area contributed by atoms with Crippen LogP contribution in [-0.2, 0) is 17.1 Å². The Labute approximate surface area is 185 Å². The summed E-state index contributed by atoms with van der Waals surface area (Å²) >= 11 is 0. The number of benzene rings is 1. The van der Waals surface area contributed by atoms with Crippen LogP contribution in [0.25, 0.3) is 0 Å². The zero-order chi connectivity index (χ0) is 22.3. The first-order valence-electron chi connectivity index (χ1n) is 11.0. The van der Waals surface area contributed by atoms with Gasteiger partial charge in [0.15, 0.2) is 0 Å². The van der Waals surface area contributed by atoms with Crippen molar-refractivity contribution in [3.63, 3.8) is 0 Å². The molecule has 0 unspecified atom stereocenters. The van der Waals surface area contributed by atoms with Gasteiger partial charge in [0.25, 0.3) is 5.91 Å². The van der Waals surface area contributed by atoms with Crippen LogP contribution in [0.1, 0.15) is 40.2 Å². The monoisotopic (exact) mass is 444 g/mol. The van der Waals surface area contributed by atoms with Crippen molar-refractivity contribution in [3.8, 4) is 0 Å². The molecule has 2 aromatic rings. The molecule has 0 atom stereocenters. The van der Waals surface area contributed by atoms with Gasteiger partial charge in [-0.3, -0.25) is 4.79 Å². The van der Waals surface area contributed by atoms with Crippen molar-refractivity contribution in [2.45, 2.75) is 38.5 Å². The molecule has 2 aliphatic rings. The standard InChI is InChI=1S/C23H32N4O3S/c1-17-7-8-18(2)20(15-17)25-11-13-26(14-12-25)23(28)21-16-22(19(3)24(21)4)31(29,30)27-9-5-6-10-27/h7-8,15-16H,5-6,9-14H2,1-4H3. The van der Waals surface area contributed by atoms with Crippen molar-refractivity contribution in [1.29, 1.82) is 0 Å². The van der Waals surface area contributed by atoms with E-state index in [9.17, 15) is 13.2 Å². The third-order valence-corrected chi connectivity index (χ3v) is 8.68. The highest BCUT2D eigenvalue weighted by molar-refractivity contribution is 7.89. The van der Waals surface area contributed by atoms with Crippen molar-refractivity contribution >= 4 is 21.6 Å². The quantitative estimate of drug-likeness (QED) is 0.727. The fourth-order valence-corrected chi connectivity index (χ4v) is 6.37. The Morgan fingerprint density at radius 3 is 2.19 bits per heavy atom. The van der Waals surface area contributed by atoms with Crippen LogP contribution in [0.5, 0.6) is 0 Å². The summed E-state index contributed by atoms with van der Waals surface area (Å²) < 4.78 is 29.4. The minimum absolute atomic E-state index is 0.103. The molecule has 8 heteroatoms. The average molecular weight is 445 g/mol. The summed E-state index contributed by atoms with van der Waals surface area (Å²) in [6.07, 6.45) is 1.78. The number of sulfonamides is 1. The van der Waals surface area contributed by atoms with Crippen LogP contribution in [0.4, 0.5) is 5.69 Å². The third kappa shape index (κ3) is 3.99. The minimum atomic E-state index is -3.56. The fraction of sp³-hybridized carbons (Fsp3) is 0.522. The molecule has 0 bridgehead atoms. The number of piperazine rings is 1. The molecule has 0 saturated carbocycles. The lowest BCUT2D eigenvalue weighted by molar-refractivity contribution is 0.0737. The second-order valence-corrected chi connectivity index (χ2v) is 10.6. The second-order valence-electron chi connectivity index (χ2n) is 8.72. The number of amides is 1. The van der Waals surface area contributed by atoms with Gasteiger partial charge in [0.1, 0.15) is 10.6 Å². The molecule has 3 heterocycles. The first-order valence-corrected chi connectivity index (χ1v) is 12.4. The number of carbonyl (C=O) groups excluding carboxylic acids is 1. The predicted molar refractivity (Wildman–Crippen MR) is 122 cm³/mol. The van der Waals surface area contributed by atoms with Gasteiger partial charge < -0.3 is 14.4 Å². The Morgan fingerprint density at radius 1 is 0.903 bits per heavy atom. The van der Waals surface area contributed by atoms with E-state index in [0.29, 0.717) is 37.6 Å². The van der Waals surface area contributed by atoms with Crippen LogP contribution in [0.15, 0.2) is 29.2 Å². The molecular weight excluding hydrogens is 412 g/mol. The Hall–Kier alpha value is -2.32. The summed E-state index contributed by atoms with van der Waals surface area (Å²) in [6, 6.07) is 8.02. The van der Waals surface area contributed by atoms with Gasteiger partial charge in [0.05, 0.1) is 0 Å². The molecule has 7 nitrogen and oxygen atoms in total. The first kappa shape index (κ1) is 21.9. The zero-order valence-electron chi connectivity index (χ0n) is 18.9. The number of aryl methyl sites for hydroxylation is 2. The molecular formula is C23H32N4O3S. The van der Waals surface area contributed by atoms with Crippen LogP contribution in [0.3, 0.4) is 0 Å². The topological polar surface area (TPSA) is 65.9 Å². The lowest BCUT2D eigenvalue weighted by atomic mass is 10.1. The van der Waals surface area contributed by atoms with E-state index in [1.165, 1.54) is 21.1 Å². The molecule has 2 fully saturated rings. The highest BCUT2D eigenvalue weighted by atomic mass is 32.2. The first-order chi connectivity index (χ1) is 14.7. The Morgan fingerprint density at radius 2 is 1.55 bits per heavy atom. The molecule has 4 rings (SSSR count). The number of carbonyl (C=O) groups is 1. The predicted octanol–water partition coefficient (Wildman–Crippen LogP) is 2.70. The highest BCUT2D eigenvalue weighted by Gasteiger charge is 2.33. The van der Waals surface area contributed by atoms with Gasteiger partial charge in [-0.25, -0.2) is 8.42 Å². The van der Waals surface area contributed by atoms with Gasteiger partial charge >= 0.3 is 0 Å². The molecule has 1 aromatic carbocycles. The number of anilines is 1. The molecule has 0 N–H and O–H groups in total. The van der Waals surface area contributed by atoms with Crippen molar-refractivity contribution in [1.82, 2.24) is 13.8 Å². The van der Waals surface area contributed by atoms with Gasteiger partial charge in [0, 0.05) is 57.7 Å². The molecule has 0 spiro atoms. The Balaban J connectivity index is 1.51. The summed E-state index contributed by atoms with van der Waals surface area (Å²) in [5.41, 5.74) is 4.74. The van der Waals surface area contributed by atoms with Gasteiger partial charge in [-0.2, -0.15) is 4.31 Å². The van der Waals surface area contributed by atoms with Gasteiger partial charge in [-0.05, 0) is 56.9 Å². The summed E-state index contributed by atoms with van der Waals surface area (Å²) in [6.45, 7) is 9.85. The van der Waals surface area contributed by atoms with E-state index < -0.39 is 10.0 Å². The maximum Gasteiger partial charge on any atom is 0.270 e. The molecule has 31 heavy (non-hydrogen) atoms. The summed E-state index contributed by atoms with van der Waals surface area (Å²) in [5, 5.41) is 0. The van der Waals surface area contributed by atoms with E-state index in [-0.39, 0.29) is 10.8 Å². The van der Waals surface area contributed by atoms with Crippen LogP contribution in [-0.4, -0.2) is 67.4 Å². The fourth-order valence-electron chi connectivity index (χ4n) is 4.58. The lowest BCUT2D eigenvalue weighted by Crippen LogP contribution is -2.49. The van der Waals surface area contributed by atoms with E-state index in [1.807, 2.05) is 4.90 Å². The van der Waals surface area contributed by atoms with E-state index >= 15 is 0 Å². The number of nitrogens with zero attached hydrogens (tertiary/aromatic N) is 4. The van der Waals surface area contributed by atoms with E-state index in [2.05, 4.69) is 36.9 Å². The van der Waals surface area contributed by atoms with Crippen molar-refractivity contribution in [3.05, 3.63) is 46.8 Å². The number of rotatable bonds is 4. The SMILES string of the molecule is Cc1ccc(C)c(N2CCN(C(=O)c3cc(S(=O)(=O)N4CCCC4)c(C)n3C)CC2)c1. The molecule has 2 saturated heterocycles. The van der Waals surface area contributed by atoms with Gasteiger partial charge in [-0.1, -0.05) is 12.1 Å². The molecule has 0 aliphatic carbocycles. The summed E-state index contributed by atoms with van der Waals surface area (Å²) in [5.74, 6) is -0.103. The van der Waals surface area contributed by atoms with E-state index in [4.69, 9.17) is 0 Å². The van der Waals surface area contributed by atoms with E-state index in [0.717, 1.165) is 25.9 Å². The van der Waals surface area contributed by atoms with Crippen LogP contribution >= 0.6 is 0 Å². The second kappa shape index (κ2) is 8.31. The van der Waals surface area contributed by atoms with Crippen molar-refractivity contribution in [2.75, 3.05) is 44.2 Å². The highest BCUT2D eigenvalue weighted by Crippen LogP contribution is 2.28. The maximum absolute atomic E-state index is 13.3. The van der Waals surface area contributed by atoms with Gasteiger partial charge in [0.2, 0.25) is 10.0 Å². The minimum Gasteiger partial charge on any atom is -0.368 e. The largest absolute Gasteiger partial charge is 0.368 e. The van der Waals surface area contributed by atoms with Crippen LogP contribution in [0, 0.1) is 20.8 Å². The normalized spacial score (nSPS) is 18.1. The molecule has 1 aromatic heterocycles. The average Bonchev–Trinajstić information content (AvgIpc) is 3.40. The maximum atomic E-state index is 13.3. The van der Waals surface area contributed by atoms with Crippen molar-refractivity contribution in [2.24, 2.45) is 7.05 Å². The third-order valence-electron chi connectivity index (χ3n) is 6.66. The van der Waals surface area contributed by atoms with E-state index in [1.54, 1.807) is 24.6 Å². The molecule has 1 amide bonds. The summed E-state index contributed by atoms with van der Waals surface area (Å²) in [7, 11) is -1.78. The Bertz CT molecular complexity index is 1090. The number of hydrogen-bond donors (Lipinski definition) is 0. The van der Waals surface area contributed by atoms with Crippen LogP contribution in [0.2, 0.25) is 0 Å². The van der Waals surface area contributed by atoms with Gasteiger partial charge in [-0.15, -0.1) is 0 Å². The Kier molecular flexibility index (Phi) is 5.87. The van der Waals surface area contributed by atoms with Crippen molar-refractivity contribution < 1.29 is 13.2 Å². The van der Waals surface area contributed by atoms with Crippen LogP contribution < -0.4 is 4.90 Å². The zero-order valence-corrected chi connectivity index (χ0v) is 19.7. The molecule has 168 valence electrons. The summed E-state index contributed by atoms with van der Waals surface area (Å²) in [4.78, 5) is 17.7. The smallest absolute Gasteiger partial charge is 0.270 e. The number of aromatic nitrogens is 1. The molecule has 2 aliphatic heterocycles. The lowest BCUT2D eigenvalue weighted by Gasteiger charge is -2.37. The molecule has 0 radical (unpaired) electrons. The number of hydrogen-bond acceptors (Lipinski definition) is 4.